The van der Waals surface area contributed by atoms with Crippen LogP contribution in [-0.4, -0.2) is 5.11 Å². The Labute approximate surface area is 95.7 Å². The molecule has 1 nitrogen and oxygen atoms in total. The molecular formula is C12H10BrFO. The Balaban J connectivity index is 2.84. The van der Waals surface area contributed by atoms with E-state index >= 15 is 0 Å². The first-order valence-electron chi connectivity index (χ1n) is 4.66. The van der Waals surface area contributed by atoms with Crippen LogP contribution in [0.3, 0.4) is 0 Å². The molecule has 0 radical (unpaired) electrons. The Kier molecular flexibility index (Phi) is 2.76. The molecule has 0 aliphatic heterocycles. The molecule has 0 spiro atoms. The van der Waals surface area contributed by atoms with E-state index in [1.165, 1.54) is 0 Å². The summed E-state index contributed by atoms with van der Waals surface area (Å²) in [4.78, 5) is 0. The molecule has 0 aliphatic carbocycles. The maximum atomic E-state index is 13.9. The number of aliphatic hydroxyl groups is 1. The number of fused-ring (bicyclic) bond motifs is 1. The quantitative estimate of drug-likeness (QED) is 0.834. The molecule has 1 atom stereocenters. The third-order valence-corrected chi connectivity index (χ3v) is 3.06. The minimum Gasteiger partial charge on any atom is -0.389 e. The van der Waals surface area contributed by atoms with Crippen molar-refractivity contribution in [1.29, 1.82) is 0 Å². The lowest BCUT2D eigenvalue weighted by molar-refractivity contribution is 0.194. The van der Waals surface area contributed by atoms with Gasteiger partial charge >= 0.3 is 0 Å². The third-order valence-electron chi connectivity index (χ3n) is 2.41. The van der Waals surface area contributed by atoms with Crippen LogP contribution < -0.4 is 0 Å². The first-order valence-corrected chi connectivity index (χ1v) is 5.45. The molecule has 78 valence electrons. The van der Waals surface area contributed by atoms with Gasteiger partial charge in [-0.1, -0.05) is 40.2 Å². The number of halogens is 2. The topological polar surface area (TPSA) is 20.2 Å². The van der Waals surface area contributed by atoms with E-state index < -0.39 is 6.10 Å². The average Bonchev–Trinajstić information content (AvgIpc) is 2.23. The smallest absolute Gasteiger partial charge is 0.136 e. The summed E-state index contributed by atoms with van der Waals surface area (Å²) in [6.07, 6.45) is -0.800. The highest BCUT2D eigenvalue weighted by molar-refractivity contribution is 9.10. The second-order valence-corrected chi connectivity index (χ2v) is 4.34. The normalized spacial score (nSPS) is 13.1. The number of benzene rings is 2. The molecule has 0 saturated carbocycles. The van der Waals surface area contributed by atoms with Crippen LogP contribution in [0.25, 0.3) is 10.8 Å². The molecule has 2 aromatic rings. The highest BCUT2D eigenvalue weighted by Crippen LogP contribution is 2.31. The van der Waals surface area contributed by atoms with Crippen molar-refractivity contribution in [2.45, 2.75) is 13.0 Å². The summed E-state index contributed by atoms with van der Waals surface area (Å²) >= 11 is 3.37. The van der Waals surface area contributed by atoms with Crippen LogP contribution in [-0.2, 0) is 0 Å². The molecule has 3 heteroatoms. The largest absolute Gasteiger partial charge is 0.389 e. The summed E-state index contributed by atoms with van der Waals surface area (Å²) in [5, 5.41) is 10.8. The van der Waals surface area contributed by atoms with Crippen molar-refractivity contribution < 1.29 is 9.50 Å². The average molecular weight is 269 g/mol. The van der Waals surface area contributed by atoms with E-state index in [1.807, 2.05) is 12.1 Å². The zero-order valence-electron chi connectivity index (χ0n) is 8.17. The van der Waals surface area contributed by atoms with Crippen LogP contribution in [0.5, 0.6) is 0 Å². The van der Waals surface area contributed by atoms with Gasteiger partial charge in [0.15, 0.2) is 0 Å². The van der Waals surface area contributed by atoms with Crippen LogP contribution in [0.2, 0.25) is 0 Å². The van der Waals surface area contributed by atoms with Gasteiger partial charge in [-0.2, -0.15) is 0 Å². The monoisotopic (exact) mass is 268 g/mol. The Morgan fingerprint density at radius 3 is 2.47 bits per heavy atom. The van der Waals surface area contributed by atoms with Crippen LogP contribution in [0.4, 0.5) is 4.39 Å². The Morgan fingerprint density at radius 1 is 1.27 bits per heavy atom. The van der Waals surface area contributed by atoms with E-state index in [1.54, 1.807) is 25.1 Å². The zero-order chi connectivity index (χ0) is 11.0. The van der Waals surface area contributed by atoms with Crippen molar-refractivity contribution in [3.63, 3.8) is 0 Å². The Morgan fingerprint density at radius 2 is 1.87 bits per heavy atom. The van der Waals surface area contributed by atoms with E-state index in [4.69, 9.17) is 0 Å². The van der Waals surface area contributed by atoms with Crippen molar-refractivity contribution in [3.05, 3.63) is 46.2 Å². The van der Waals surface area contributed by atoms with E-state index in [9.17, 15) is 9.50 Å². The maximum Gasteiger partial charge on any atom is 0.136 e. The highest BCUT2D eigenvalue weighted by Gasteiger charge is 2.13. The molecule has 1 N–H and O–H groups in total. The standard InChI is InChI=1S/C12H10BrFO/c1-7(15)10-6-11(13)8-4-2-3-5-9(8)12(10)14/h2-7,15H,1H3. The van der Waals surface area contributed by atoms with Gasteiger partial charge in [-0.15, -0.1) is 0 Å². The SMILES string of the molecule is CC(O)c1cc(Br)c2ccccc2c1F. The lowest BCUT2D eigenvalue weighted by Crippen LogP contribution is -1.97. The van der Waals surface area contributed by atoms with Gasteiger partial charge in [0.1, 0.15) is 5.82 Å². The zero-order valence-corrected chi connectivity index (χ0v) is 9.75. The second-order valence-electron chi connectivity index (χ2n) is 3.48. The van der Waals surface area contributed by atoms with Crippen molar-refractivity contribution in [2.24, 2.45) is 0 Å². The molecule has 0 aliphatic rings. The minimum atomic E-state index is -0.800. The van der Waals surface area contributed by atoms with E-state index in [-0.39, 0.29) is 5.82 Å². The van der Waals surface area contributed by atoms with Crippen LogP contribution in [0.15, 0.2) is 34.8 Å². The van der Waals surface area contributed by atoms with Gasteiger partial charge in [0.25, 0.3) is 0 Å². The molecule has 2 aromatic carbocycles. The van der Waals surface area contributed by atoms with Crippen LogP contribution in [0.1, 0.15) is 18.6 Å². The number of rotatable bonds is 1. The van der Waals surface area contributed by atoms with E-state index in [0.717, 1.165) is 9.86 Å². The first kappa shape index (κ1) is 10.6. The number of hydrogen-bond donors (Lipinski definition) is 1. The number of hydrogen-bond acceptors (Lipinski definition) is 1. The molecule has 15 heavy (non-hydrogen) atoms. The van der Waals surface area contributed by atoms with Gasteiger partial charge in [-0.25, -0.2) is 4.39 Å². The molecule has 0 amide bonds. The fourth-order valence-corrected chi connectivity index (χ4v) is 2.21. The molecule has 1 unspecified atom stereocenters. The summed E-state index contributed by atoms with van der Waals surface area (Å²) in [6.45, 7) is 1.56. The molecule has 0 fully saturated rings. The summed E-state index contributed by atoms with van der Waals surface area (Å²) in [5.41, 5.74) is 0.320. The van der Waals surface area contributed by atoms with Gasteiger partial charge in [0.2, 0.25) is 0 Å². The predicted molar refractivity (Wildman–Crippen MR) is 62.2 cm³/mol. The van der Waals surface area contributed by atoms with Gasteiger partial charge < -0.3 is 5.11 Å². The Hall–Kier alpha value is -0.930. The molecule has 0 saturated heterocycles. The lowest BCUT2D eigenvalue weighted by Gasteiger charge is -2.10. The minimum absolute atomic E-state index is 0.320. The summed E-state index contributed by atoms with van der Waals surface area (Å²) < 4.78 is 14.7. The second kappa shape index (κ2) is 3.91. The lowest BCUT2D eigenvalue weighted by atomic mass is 10.0. The van der Waals surface area contributed by atoms with Gasteiger partial charge in [-0.3, -0.25) is 0 Å². The van der Waals surface area contributed by atoms with Crippen molar-refractivity contribution in [3.8, 4) is 0 Å². The molecule has 2 rings (SSSR count). The number of aliphatic hydroxyl groups excluding tert-OH is 1. The summed E-state index contributed by atoms with van der Waals surface area (Å²) in [7, 11) is 0. The predicted octanol–water partition coefficient (Wildman–Crippen LogP) is 3.79. The van der Waals surface area contributed by atoms with Gasteiger partial charge in [0.05, 0.1) is 6.10 Å². The van der Waals surface area contributed by atoms with Crippen molar-refractivity contribution in [1.82, 2.24) is 0 Å². The molecule has 0 heterocycles. The van der Waals surface area contributed by atoms with Crippen molar-refractivity contribution in [2.75, 3.05) is 0 Å². The first-order chi connectivity index (χ1) is 7.11. The summed E-state index contributed by atoms with van der Waals surface area (Å²) in [6, 6.07) is 8.82. The molecular weight excluding hydrogens is 259 g/mol. The molecule has 0 aromatic heterocycles. The van der Waals surface area contributed by atoms with Gasteiger partial charge in [-0.05, 0) is 18.4 Å². The van der Waals surface area contributed by atoms with Crippen LogP contribution >= 0.6 is 15.9 Å². The highest BCUT2D eigenvalue weighted by atomic mass is 79.9. The maximum absolute atomic E-state index is 13.9. The fraction of sp³-hybridized carbons (Fsp3) is 0.167. The summed E-state index contributed by atoms with van der Waals surface area (Å²) in [5.74, 6) is -0.344. The van der Waals surface area contributed by atoms with Gasteiger partial charge in [0, 0.05) is 15.4 Å². The Bertz CT molecular complexity index is 508. The fourth-order valence-electron chi connectivity index (χ4n) is 1.62. The molecule has 0 bridgehead atoms. The van der Waals surface area contributed by atoms with Crippen LogP contribution in [0, 0.1) is 5.82 Å². The van der Waals surface area contributed by atoms with E-state index in [2.05, 4.69) is 15.9 Å². The van der Waals surface area contributed by atoms with Crippen molar-refractivity contribution >= 4 is 26.7 Å². The third kappa shape index (κ3) is 1.77. The van der Waals surface area contributed by atoms with E-state index in [0.29, 0.717) is 10.9 Å².